The minimum atomic E-state index is -0.242. The molecule has 0 aliphatic carbocycles. The molecule has 0 spiro atoms. The van der Waals surface area contributed by atoms with E-state index in [1.807, 2.05) is 18.4 Å². The van der Waals surface area contributed by atoms with E-state index in [9.17, 15) is 9.59 Å². The fraction of sp³-hybridized carbons (Fsp3) is 0.562. The number of fused-ring (bicyclic) bond motifs is 1. The summed E-state index contributed by atoms with van der Waals surface area (Å²) < 4.78 is 1.89. The molecule has 0 bridgehead atoms. The van der Waals surface area contributed by atoms with Gasteiger partial charge >= 0.3 is 0 Å². The predicted octanol–water partition coefficient (Wildman–Crippen LogP) is 1.52. The molecular formula is C16H24N4O2. The maximum Gasteiger partial charge on any atom is 0.287 e. The lowest BCUT2D eigenvalue weighted by molar-refractivity contribution is 0.0933. The number of aromatic nitrogens is 2. The predicted molar refractivity (Wildman–Crippen MR) is 84.9 cm³/mol. The topological polar surface area (TPSA) is 76.0 Å². The Labute approximate surface area is 131 Å². The van der Waals surface area contributed by atoms with Crippen LogP contribution in [0.5, 0.6) is 0 Å². The van der Waals surface area contributed by atoms with Crippen LogP contribution in [-0.4, -0.2) is 34.5 Å². The monoisotopic (exact) mass is 304 g/mol. The number of nitrogens with zero attached hydrogens (tertiary/aromatic N) is 2. The molecule has 0 saturated heterocycles. The van der Waals surface area contributed by atoms with Gasteiger partial charge in [0.1, 0.15) is 5.69 Å². The Hall–Kier alpha value is -2.11. The average molecular weight is 304 g/mol. The standard InChI is InChI=1S/C16H24N4O2/c1-4-8-17-15(21)13-12-7-5-6-9-20(12)14(19-13)16(22)18-10-11(2)3/h4,11H,1,5-10H2,2-3H3,(H,17,21)(H,18,22). The van der Waals surface area contributed by atoms with Crippen LogP contribution in [0, 0.1) is 5.92 Å². The number of amides is 2. The third kappa shape index (κ3) is 3.55. The van der Waals surface area contributed by atoms with Crippen LogP contribution in [0.3, 0.4) is 0 Å². The Bertz CT molecular complexity index is 575. The Morgan fingerprint density at radius 1 is 1.32 bits per heavy atom. The van der Waals surface area contributed by atoms with Gasteiger partial charge in [-0.25, -0.2) is 4.98 Å². The second-order valence-electron chi connectivity index (χ2n) is 5.94. The Morgan fingerprint density at radius 2 is 2.09 bits per heavy atom. The zero-order chi connectivity index (χ0) is 16.1. The van der Waals surface area contributed by atoms with Crippen molar-refractivity contribution in [3.8, 4) is 0 Å². The van der Waals surface area contributed by atoms with Crippen LogP contribution in [0.2, 0.25) is 0 Å². The zero-order valence-electron chi connectivity index (χ0n) is 13.3. The molecule has 22 heavy (non-hydrogen) atoms. The van der Waals surface area contributed by atoms with Crippen LogP contribution >= 0.6 is 0 Å². The van der Waals surface area contributed by atoms with Gasteiger partial charge < -0.3 is 15.2 Å². The van der Waals surface area contributed by atoms with Crippen LogP contribution in [0.4, 0.5) is 0 Å². The minimum Gasteiger partial charge on any atom is -0.349 e. The molecule has 1 aromatic heterocycles. The van der Waals surface area contributed by atoms with Gasteiger partial charge in [0, 0.05) is 19.6 Å². The van der Waals surface area contributed by atoms with Crippen molar-refractivity contribution in [2.24, 2.45) is 5.92 Å². The molecular weight excluding hydrogens is 280 g/mol. The molecule has 0 atom stereocenters. The van der Waals surface area contributed by atoms with Gasteiger partial charge in [-0.1, -0.05) is 19.9 Å². The summed E-state index contributed by atoms with van der Waals surface area (Å²) in [7, 11) is 0. The highest BCUT2D eigenvalue weighted by atomic mass is 16.2. The Morgan fingerprint density at radius 3 is 2.77 bits per heavy atom. The molecule has 0 aromatic carbocycles. The summed E-state index contributed by atoms with van der Waals surface area (Å²) in [6.45, 7) is 9.38. The molecule has 0 radical (unpaired) electrons. The molecule has 0 saturated carbocycles. The lowest BCUT2D eigenvalue weighted by atomic mass is 10.1. The number of imidazole rings is 1. The first-order valence-electron chi connectivity index (χ1n) is 7.81. The first-order valence-corrected chi connectivity index (χ1v) is 7.81. The molecule has 1 aromatic rings. The van der Waals surface area contributed by atoms with Crippen molar-refractivity contribution in [3.63, 3.8) is 0 Å². The number of nitrogens with one attached hydrogen (secondary N) is 2. The van der Waals surface area contributed by atoms with E-state index in [2.05, 4.69) is 22.2 Å². The zero-order valence-corrected chi connectivity index (χ0v) is 13.3. The molecule has 6 heteroatoms. The van der Waals surface area contributed by atoms with Crippen molar-refractivity contribution in [1.29, 1.82) is 0 Å². The van der Waals surface area contributed by atoms with E-state index in [1.54, 1.807) is 6.08 Å². The number of hydrogen-bond donors (Lipinski definition) is 2. The molecule has 2 rings (SSSR count). The Kier molecular flexibility index (Phi) is 5.35. The SMILES string of the molecule is C=CCNC(=O)c1nc(C(=O)NCC(C)C)n2c1CCCC2. The highest BCUT2D eigenvalue weighted by molar-refractivity contribution is 5.97. The van der Waals surface area contributed by atoms with Gasteiger partial charge in [-0.2, -0.15) is 0 Å². The maximum absolute atomic E-state index is 12.3. The van der Waals surface area contributed by atoms with E-state index in [0.717, 1.165) is 31.5 Å². The van der Waals surface area contributed by atoms with E-state index in [0.29, 0.717) is 30.5 Å². The van der Waals surface area contributed by atoms with Gasteiger partial charge in [-0.05, 0) is 25.2 Å². The van der Waals surface area contributed by atoms with Crippen molar-refractivity contribution in [1.82, 2.24) is 20.2 Å². The van der Waals surface area contributed by atoms with E-state index in [4.69, 9.17) is 0 Å². The molecule has 120 valence electrons. The number of carbonyl (C=O) groups is 2. The highest BCUT2D eigenvalue weighted by Gasteiger charge is 2.27. The molecule has 2 heterocycles. The molecule has 1 aliphatic heterocycles. The van der Waals surface area contributed by atoms with E-state index >= 15 is 0 Å². The van der Waals surface area contributed by atoms with Gasteiger partial charge in [0.2, 0.25) is 0 Å². The van der Waals surface area contributed by atoms with Crippen LogP contribution in [0.15, 0.2) is 12.7 Å². The second-order valence-corrected chi connectivity index (χ2v) is 5.94. The maximum atomic E-state index is 12.3. The third-order valence-corrected chi connectivity index (χ3v) is 3.61. The molecule has 2 amide bonds. The summed E-state index contributed by atoms with van der Waals surface area (Å²) in [6.07, 6.45) is 4.42. The first kappa shape index (κ1) is 16.3. The van der Waals surface area contributed by atoms with E-state index < -0.39 is 0 Å². The van der Waals surface area contributed by atoms with Crippen molar-refractivity contribution >= 4 is 11.8 Å². The van der Waals surface area contributed by atoms with Gasteiger partial charge in [-0.15, -0.1) is 6.58 Å². The van der Waals surface area contributed by atoms with Crippen LogP contribution in [0.1, 0.15) is 53.5 Å². The second kappa shape index (κ2) is 7.24. The summed E-state index contributed by atoms with van der Waals surface area (Å²) in [5, 5.41) is 5.61. The largest absolute Gasteiger partial charge is 0.349 e. The van der Waals surface area contributed by atoms with Crippen molar-refractivity contribution in [3.05, 3.63) is 29.9 Å². The summed E-state index contributed by atoms with van der Waals surface area (Å²) >= 11 is 0. The fourth-order valence-electron chi connectivity index (χ4n) is 2.52. The van der Waals surface area contributed by atoms with Gasteiger partial charge in [-0.3, -0.25) is 9.59 Å². The Balaban J connectivity index is 2.26. The minimum absolute atomic E-state index is 0.209. The normalized spacial score (nSPS) is 13.6. The summed E-state index contributed by atoms with van der Waals surface area (Å²) in [4.78, 5) is 28.9. The van der Waals surface area contributed by atoms with Crippen LogP contribution in [-0.2, 0) is 13.0 Å². The van der Waals surface area contributed by atoms with E-state index in [-0.39, 0.29) is 11.8 Å². The van der Waals surface area contributed by atoms with Crippen LogP contribution < -0.4 is 10.6 Å². The quantitative estimate of drug-likeness (QED) is 0.782. The molecule has 0 fully saturated rings. The number of rotatable bonds is 6. The first-order chi connectivity index (χ1) is 10.5. The van der Waals surface area contributed by atoms with Crippen molar-refractivity contribution < 1.29 is 9.59 Å². The lowest BCUT2D eigenvalue weighted by Crippen LogP contribution is -2.30. The van der Waals surface area contributed by atoms with Crippen LogP contribution in [0.25, 0.3) is 0 Å². The summed E-state index contributed by atoms with van der Waals surface area (Å²) in [5.41, 5.74) is 1.23. The van der Waals surface area contributed by atoms with Crippen molar-refractivity contribution in [2.45, 2.75) is 39.7 Å². The van der Waals surface area contributed by atoms with Gasteiger partial charge in [0.05, 0.1) is 5.69 Å². The molecule has 1 aliphatic rings. The van der Waals surface area contributed by atoms with Gasteiger partial charge in [0.15, 0.2) is 5.82 Å². The summed E-state index contributed by atoms with van der Waals surface area (Å²) in [5.74, 6) is 0.266. The third-order valence-electron chi connectivity index (χ3n) is 3.61. The molecule has 6 nitrogen and oxygen atoms in total. The molecule has 0 unspecified atom stereocenters. The summed E-state index contributed by atoms with van der Waals surface area (Å²) in [6, 6.07) is 0. The molecule has 2 N–H and O–H groups in total. The van der Waals surface area contributed by atoms with Crippen molar-refractivity contribution in [2.75, 3.05) is 13.1 Å². The van der Waals surface area contributed by atoms with E-state index in [1.165, 1.54) is 0 Å². The smallest absolute Gasteiger partial charge is 0.287 e. The lowest BCUT2D eigenvalue weighted by Gasteiger charge is -2.17. The average Bonchev–Trinajstić information content (AvgIpc) is 2.90. The number of carbonyl (C=O) groups excluding carboxylic acids is 2. The number of hydrogen-bond acceptors (Lipinski definition) is 3. The fourth-order valence-corrected chi connectivity index (χ4v) is 2.52. The van der Waals surface area contributed by atoms with Gasteiger partial charge in [0.25, 0.3) is 11.8 Å². The highest BCUT2D eigenvalue weighted by Crippen LogP contribution is 2.21.